The molecule has 0 amide bonds. The van der Waals surface area contributed by atoms with Crippen LogP contribution in [-0.2, 0) is 9.84 Å². The fourth-order valence-corrected chi connectivity index (χ4v) is 3.10. The lowest BCUT2D eigenvalue weighted by atomic mass is 10.2. The van der Waals surface area contributed by atoms with E-state index in [0.29, 0.717) is 11.3 Å². The number of hydrazone groups is 1. The number of aromatic hydroxyl groups is 1. The van der Waals surface area contributed by atoms with Crippen molar-refractivity contribution in [1.29, 1.82) is 0 Å². The van der Waals surface area contributed by atoms with Gasteiger partial charge in [0, 0.05) is 11.8 Å². The van der Waals surface area contributed by atoms with Crippen LogP contribution in [0.25, 0.3) is 0 Å². The molecular formula is C21H20N4O3S. The average molecular weight is 408 g/mol. The molecule has 0 aliphatic rings. The van der Waals surface area contributed by atoms with Gasteiger partial charge in [0.05, 0.1) is 16.3 Å². The van der Waals surface area contributed by atoms with E-state index in [0.717, 1.165) is 11.8 Å². The van der Waals surface area contributed by atoms with E-state index < -0.39 is 9.84 Å². The zero-order chi connectivity index (χ0) is 20.9. The van der Waals surface area contributed by atoms with E-state index in [-0.39, 0.29) is 22.2 Å². The number of phenolic OH excluding ortho intramolecular Hbond substituents is 1. The van der Waals surface area contributed by atoms with Crippen molar-refractivity contribution in [2.24, 2.45) is 15.3 Å². The van der Waals surface area contributed by atoms with Crippen LogP contribution < -0.4 is 5.43 Å². The predicted octanol–water partition coefficient (Wildman–Crippen LogP) is 4.66. The molecule has 148 valence electrons. The summed E-state index contributed by atoms with van der Waals surface area (Å²) in [5.41, 5.74) is 5.22. The Morgan fingerprint density at radius 1 is 0.966 bits per heavy atom. The lowest BCUT2D eigenvalue weighted by Crippen LogP contribution is -2.03. The van der Waals surface area contributed by atoms with Gasteiger partial charge in [-0.05, 0) is 36.8 Å². The monoisotopic (exact) mass is 408 g/mol. The predicted molar refractivity (Wildman–Crippen MR) is 114 cm³/mol. The highest BCUT2D eigenvalue weighted by atomic mass is 32.2. The highest BCUT2D eigenvalue weighted by Crippen LogP contribution is 2.26. The Bertz CT molecular complexity index is 1170. The second-order valence-electron chi connectivity index (χ2n) is 6.35. The number of phenols is 1. The minimum atomic E-state index is -3.43. The summed E-state index contributed by atoms with van der Waals surface area (Å²) < 4.78 is 23.5. The van der Waals surface area contributed by atoms with E-state index in [1.807, 2.05) is 61.5 Å². The Morgan fingerprint density at radius 2 is 1.66 bits per heavy atom. The summed E-state index contributed by atoms with van der Waals surface area (Å²) in [4.78, 5) is 0.0656. The van der Waals surface area contributed by atoms with Crippen molar-refractivity contribution in [2.75, 3.05) is 11.7 Å². The molecule has 2 N–H and O–H groups in total. The van der Waals surface area contributed by atoms with Gasteiger partial charge in [-0.25, -0.2) is 8.42 Å². The van der Waals surface area contributed by atoms with E-state index in [2.05, 4.69) is 20.8 Å². The van der Waals surface area contributed by atoms with Gasteiger partial charge in [-0.3, -0.25) is 5.43 Å². The number of azo groups is 1. The van der Waals surface area contributed by atoms with Gasteiger partial charge >= 0.3 is 0 Å². The number of hydrogen-bond acceptors (Lipinski definition) is 6. The molecule has 3 aromatic carbocycles. The summed E-state index contributed by atoms with van der Waals surface area (Å²) >= 11 is 0. The maximum Gasteiger partial charge on any atom is 0.201 e. The highest BCUT2D eigenvalue weighted by molar-refractivity contribution is 7.90. The number of hydrogen-bond donors (Lipinski definition) is 2. The average Bonchev–Trinajstić information content (AvgIpc) is 2.70. The molecule has 8 heteroatoms. The number of nitrogens with one attached hydrogen (secondary N) is 1. The van der Waals surface area contributed by atoms with Gasteiger partial charge in [0.25, 0.3) is 0 Å². The number of anilines is 1. The zero-order valence-electron chi connectivity index (χ0n) is 15.9. The maximum absolute atomic E-state index is 11.8. The van der Waals surface area contributed by atoms with E-state index in [1.54, 1.807) is 0 Å². The molecule has 0 saturated heterocycles. The molecule has 0 aliphatic carbocycles. The van der Waals surface area contributed by atoms with Crippen LogP contribution >= 0.6 is 0 Å². The fraction of sp³-hybridized carbons (Fsp3) is 0.0952. The smallest absolute Gasteiger partial charge is 0.201 e. The van der Waals surface area contributed by atoms with E-state index >= 15 is 0 Å². The molecule has 0 saturated carbocycles. The summed E-state index contributed by atoms with van der Waals surface area (Å²) in [6, 6.07) is 20.7. The third kappa shape index (κ3) is 5.26. The van der Waals surface area contributed by atoms with Crippen LogP contribution in [0.3, 0.4) is 0 Å². The van der Waals surface area contributed by atoms with Crippen LogP contribution in [0.4, 0.5) is 11.4 Å². The number of nitrogens with zero attached hydrogens (tertiary/aromatic N) is 3. The van der Waals surface area contributed by atoms with Crippen LogP contribution in [0.5, 0.6) is 5.75 Å². The third-order valence-corrected chi connectivity index (χ3v) is 5.19. The van der Waals surface area contributed by atoms with Gasteiger partial charge < -0.3 is 5.11 Å². The Hall–Kier alpha value is -3.52. The van der Waals surface area contributed by atoms with Crippen LogP contribution in [0, 0.1) is 6.92 Å². The molecule has 29 heavy (non-hydrogen) atoms. The van der Waals surface area contributed by atoms with E-state index in [9.17, 15) is 13.5 Å². The Morgan fingerprint density at radius 3 is 2.34 bits per heavy atom. The van der Waals surface area contributed by atoms with Gasteiger partial charge in [0.1, 0.15) is 5.75 Å². The first kappa shape index (κ1) is 20.2. The molecule has 3 rings (SSSR count). The van der Waals surface area contributed by atoms with Crippen LogP contribution in [0.1, 0.15) is 11.1 Å². The van der Waals surface area contributed by atoms with Crippen molar-refractivity contribution < 1.29 is 13.5 Å². The lowest BCUT2D eigenvalue weighted by Gasteiger charge is -2.07. The fourth-order valence-electron chi connectivity index (χ4n) is 2.46. The standard InChI is InChI=1S/C21H20N4O3S/c1-15-8-6-7-11-18(15)22-24-21(16-9-4-3-5-10-16)25-23-19-14-17(29(2,27)28)12-13-20(19)26/h3-14,23,26H,1-2H3. The normalized spacial score (nSPS) is 12.3. The first-order valence-electron chi connectivity index (χ1n) is 8.74. The molecule has 0 spiro atoms. The first-order valence-corrected chi connectivity index (χ1v) is 10.6. The van der Waals surface area contributed by atoms with Crippen molar-refractivity contribution >= 4 is 27.0 Å². The molecule has 0 radical (unpaired) electrons. The molecule has 0 unspecified atom stereocenters. The number of aryl methyl sites for hydroxylation is 1. The minimum Gasteiger partial charge on any atom is -0.506 e. The van der Waals surface area contributed by atoms with Crippen molar-refractivity contribution in [2.45, 2.75) is 11.8 Å². The van der Waals surface area contributed by atoms with Crippen molar-refractivity contribution in [3.8, 4) is 5.75 Å². The number of benzene rings is 3. The molecule has 0 aromatic heterocycles. The second-order valence-corrected chi connectivity index (χ2v) is 8.37. The molecule has 7 nitrogen and oxygen atoms in total. The number of rotatable bonds is 5. The summed E-state index contributed by atoms with van der Waals surface area (Å²) in [5.74, 6) is 0.141. The van der Waals surface area contributed by atoms with Crippen molar-refractivity contribution in [3.05, 3.63) is 83.9 Å². The molecular weight excluding hydrogens is 388 g/mol. The van der Waals surface area contributed by atoms with Gasteiger partial charge in [0.2, 0.25) is 5.84 Å². The van der Waals surface area contributed by atoms with Gasteiger partial charge in [-0.1, -0.05) is 48.5 Å². The summed E-state index contributed by atoms with van der Waals surface area (Å²) in [5, 5.41) is 22.8. The lowest BCUT2D eigenvalue weighted by molar-refractivity contribution is 0.477. The van der Waals surface area contributed by atoms with Crippen molar-refractivity contribution in [3.63, 3.8) is 0 Å². The topological polar surface area (TPSA) is 103 Å². The Kier molecular flexibility index (Phi) is 6.04. The van der Waals surface area contributed by atoms with Crippen LogP contribution in [0.15, 0.2) is 93.0 Å². The number of sulfone groups is 1. The molecule has 0 atom stereocenters. The molecule has 0 bridgehead atoms. The van der Waals surface area contributed by atoms with E-state index in [1.165, 1.54) is 18.2 Å². The molecule has 3 aromatic rings. The zero-order valence-corrected chi connectivity index (χ0v) is 16.8. The summed E-state index contributed by atoms with van der Waals surface area (Å²) in [6.07, 6.45) is 1.10. The Balaban J connectivity index is 1.97. The van der Waals surface area contributed by atoms with Crippen LogP contribution in [-0.4, -0.2) is 25.6 Å². The third-order valence-electron chi connectivity index (χ3n) is 4.08. The SMILES string of the molecule is Cc1ccccc1N=NC(=NNc1cc(S(C)(=O)=O)ccc1O)c1ccccc1. The quantitative estimate of drug-likeness (QED) is 0.211. The highest BCUT2D eigenvalue weighted by Gasteiger charge is 2.11. The Labute approximate surface area is 169 Å². The van der Waals surface area contributed by atoms with Gasteiger partial charge in [-0.15, -0.1) is 10.2 Å². The van der Waals surface area contributed by atoms with E-state index in [4.69, 9.17) is 0 Å². The number of amidine groups is 1. The maximum atomic E-state index is 11.8. The minimum absolute atomic E-state index is 0.0656. The molecule has 0 heterocycles. The van der Waals surface area contributed by atoms with Crippen molar-refractivity contribution in [1.82, 2.24) is 0 Å². The van der Waals surface area contributed by atoms with Gasteiger partial charge in [-0.2, -0.15) is 5.10 Å². The summed E-state index contributed by atoms with van der Waals surface area (Å²) in [6.45, 7) is 1.93. The van der Waals surface area contributed by atoms with Gasteiger partial charge in [0.15, 0.2) is 9.84 Å². The summed E-state index contributed by atoms with van der Waals surface area (Å²) in [7, 11) is -3.43. The first-order chi connectivity index (χ1) is 13.8. The largest absolute Gasteiger partial charge is 0.506 e. The second kappa shape index (κ2) is 8.66. The molecule has 0 aliphatic heterocycles. The van der Waals surface area contributed by atoms with Crippen LogP contribution in [0.2, 0.25) is 0 Å². The molecule has 0 fully saturated rings.